The summed E-state index contributed by atoms with van der Waals surface area (Å²) in [4.78, 5) is 13.9. The molecular weight excluding hydrogens is 315 g/mol. The predicted molar refractivity (Wildman–Crippen MR) is 85.2 cm³/mol. The number of carbonyl (C=O) groups is 1. The number of rotatable bonds is 1. The van der Waals surface area contributed by atoms with Gasteiger partial charge in [0.1, 0.15) is 17.2 Å². The van der Waals surface area contributed by atoms with Crippen molar-refractivity contribution in [1.82, 2.24) is 0 Å². The van der Waals surface area contributed by atoms with Crippen molar-refractivity contribution in [2.45, 2.75) is 0 Å². The molecule has 0 bridgehead atoms. The van der Waals surface area contributed by atoms with Crippen molar-refractivity contribution >= 4 is 23.0 Å². The van der Waals surface area contributed by atoms with Gasteiger partial charge in [0.15, 0.2) is 0 Å². The van der Waals surface area contributed by atoms with Crippen LogP contribution >= 0.6 is 0 Å². The summed E-state index contributed by atoms with van der Waals surface area (Å²) in [6.45, 7) is 0. The fraction of sp³-hybridized carbons (Fsp3) is 0.0625. The largest absolute Gasteiger partial charge is 0.581 e. The first-order chi connectivity index (χ1) is 11.5. The molecule has 0 saturated carbocycles. The highest BCUT2D eigenvalue weighted by molar-refractivity contribution is 6.13. The zero-order chi connectivity index (χ0) is 17.0. The van der Waals surface area contributed by atoms with Gasteiger partial charge in [-0.1, -0.05) is 18.2 Å². The van der Waals surface area contributed by atoms with Crippen LogP contribution in [0.4, 0.5) is 21.5 Å². The van der Waals surface area contributed by atoms with Gasteiger partial charge in [-0.05, 0) is 24.3 Å². The number of likely N-dealkylation sites (N-methyl/N-ethyl adjacent to an activating group) is 1. The summed E-state index contributed by atoms with van der Waals surface area (Å²) in [6.07, 6.45) is 0. The maximum absolute atomic E-state index is 13.5. The van der Waals surface area contributed by atoms with E-state index < -0.39 is 22.9 Å². The van der Waals surface area contributed by atoms with Gasteiger partial charge in [0.05, 0.1) is 5.69 Å². The maximum atomic E-state index is 13.5. The molecule has 2 aromatic rings. The molecule has 0 aliphatic carbocycles. The molecule has 2 N–H and O–H groups in total. The molecule has 8 heteroatoms. The third kappa shape index (κ3) is 1.81. The molecule has 2 aliphatic rings. The van der Waals surface area contributed by atoms with Crippen molar-refractivity contribution in [3.8, 4) is 0 Å². The fourth-order valence-corrected chi connectivity index (χ4v) is 2.96. The number of amides is 1. The lowest BCUT2D eigenvalue weighted by atomic mass is 10.1. The summed E-state index contributed by atoms with van der Waals surface area (Å²) in [5.41, 5.74) is 1.02. The number of hydrogen-bond acceptors (Lipinski definition) is 5. The molecule has 122 valence electrons. The number of aliphatic hydroxyl groups excluding tert-OH is 1. The number of carbonyl (C=O) groups excluding carboxylic acids is 1. The molecule has 0 fully saturated rings. The van der Waals surface area contributed by atoms with Crippen molar-refractivity contribution in [3.05, 3.63) is 71.1 Å². The smallest absolute Gasteiger partial charge is 0.286 e. The Bertz CT molecular complexity index is 885. The van der Waals surface area contributed by atoms with E-state index in [0.29, 0.717) is 11.4 Å². The van der Waals surface area contributed by atoms with E-state index in [-0.39, 0.29) is 11.4 Å². The minimum atomic E-state index is -0.637. The van der Waals surface area contributed by atoms with Crippen molar-refractivity contribution in [3.63, 3.8) is 0 Å². The quantitative estimate of drug-likeness (QED) is 0.766. The number of anilines is 3. The van der Waals surface area contributed by atoms with Gasteiger partial charge >= 0.3 is 0 Å². The standard InChI is InChI=1S/C16H13FN4O3/c1-18-12-7-2-3-8-13(12)20-14(15(18)22)16(23)19(21(20)24)11-6-4-5-10(17)9-11/h2-9,21,23H,1H3. The van der Waals surface area contributed by atoms with Crippen LogP contribution in [-0.4, -0.2) is 18.1 Å². The number of fused-ring (bicyclic) bond motifs is 3. The summed E-state index contributed by atoms with van der Waals surface area (Å²) >= 11 is 0. The average molecular weight is 328 g/mol. The van der Waals surface area contributed by atoms with Crippen LogP contribution in [0.3, 0.4) is 0 Å². The molecule has 24 heavy (non-hydrogen) atoms. The van der Waals surface area contributed by atoms with Gasteiger partial charge in [0.25, 0.3) is 11.8 Å². The number of quaternary nitrogens is 1. The number of benzene rings is 2. The van der Waals surface area contributed by atoms with Gasteiger partial charge in [-0.2, -0.15) is 10.3 Å². The van der Waals surface area contributed by atoms with E-state index in [1.54, 1.807) is 31.3 Å². The molecule has 0 radical (unpaired) electrons. The minimum Gasteiger partial charge on any atom is -0.581 e. The van der Waals surface area contributed by atoms with Gasteiger partial charge < -0.3 is 15.2 Å². The van der Waals surface area contributed by atoms with Crippen molar-refractivity contribution in [2.75, 3.05) is 22.0 Å². The van der Waals surface area contributed by atoms with Gasteiger partial charge in [-0.15, -0.1) is 5.01 Å². The Labute approximate surface area is 136 Å². The lowest BCUT2D eigenvalue weighted by Gasteiger charge is -2.37. The van der Waals surface area contributed by atoms with E-state index in [2.05, 4.69) is 0 Å². The van der Waals surface area contributed by atoms with Crippen molar-refractivity contribution < 1.29 is 19.6 Å². The summed E-state index contributed by atoms with van der Waals surface area (Å²) in [5.74, 6) is -1.58. The molecule has 7 nitrogen and oxygen atoms in total. The van der Waals surface area contributed by atoms with Gasteiger partial charge in [-0.25, -0.2) is 4.39 Å². The summed E-state index contributed by atoms with van der Waals surface area (Å²) in [6, 6.07) is 12.1. The molecule has 0 spiro atoms. The first-order valence-electron chi connectivity index (χ1n) is 7.21. The van der Waals surface area contributed by atoms with Gasteiger partial charge in [-0.3, -0.25) is 4.79 Å². The van der Waals surface area contributed by atoms with E-state index in [0.717, 1.165) is 16.1 Å². The zero-order valence-corrected chi connectivity index (χ0v) is 12.6. The first kappa shape index (κ1) is 14.5. The first-order valence-corrected chi connectivity index (χ1v) is 7.21. The predicted octanol–water partition coefficient (Wildman–Crippen LogP) is 1.07. The maximum Gasteiger partial charge on any atom is 0.286 e. The molecule has 2 aliphatic heterocycles. The number of aliphatic hydroxyl groups is 1. The highest BCUT2D eigenvalue weighted by Crippen LogP contribution is 2.38. The normalized spacial score (nSPS) is 19.7. The Morgan fingerprint density at radius 2 is 1.79 bits per heavy atom. The minimum absolute atomic E-state index is 0.146. The topological polar surface area (TPSA) is 74.5 Å². The van der Waals surface area contributed by atoms with Crippen LogP contribution in [-0.2, 0) is 4.79 Å². The van der Waals surface area contributed by atoms with E-state index in [9.17, 15) is 19.5 Å². The second-order valence-corrected chi connectivity index (χ2v) is 5.46. The van der Waals surface area contributed by atoms with Crippen molar-refractivity contribution in [2.24, 2.45) is 0 Å². The average Bonchev–Trinajstić information content (AvgIpc) is 2.84. The SMILES string of the molecule is CN1C(=O)C2=C(O)N(c3cccc(F)c3)[NH+]([O-])N2c2ccccc21. The van der Waals surface area contributed by atoms with Crippen LogP contribution in [0.2, 0.25) is 0 Å². The zero-order valence-electron chi connectivity index (χ0n) is 12.6. The molecule has 2 heterocycles. The van der Waals surface area contributed by atoms with Crippen LogP contribution in [0.1, 0.15) is 0 Å². The molecule has 1 amide bonds. The summed E-state index contributed by atoms with van der Waals surface area (Å²) in [5, 5.41) is 24.8. The summed E-state index contributed by atoms with van der Waals surface area (Å²) < 4.78 is 13.5. The van der Waals surface area contributed by atoms with E-state index >= 15 is 0 Å². The molecule has 0 saturated heterocycles. The Hall–Kier alpha value is -3.10. The van der Waals surface area contributed by atoms with Crippen molar-refractivity contribution in [1.29, 1.82) is 0 Å². The highest BCUT2D eigenvalue weighted by Gasteiger charge is 2.48. The highest BCUT2D eigenvalue weighted by atomic mass is 19.1. The Balaban J connectivity index is 1.91. The third-order valence-corrected chi connectivity index (χ3v) is 4.09. The second-order valence-electron chi connectivity index (χ2n) is 5.46. The Morgan fingerprint density at radius 1 is 1.08 bits per heavy atom. The molecule has 1 atom stereocenters. The van der Waals surface area contributed by atoms with Crippen LogP contribution in [0.25, 0.3) is 0 Å². The van der Waals surface area contributed by atoms with Gasteiger partial charge in [0, 0.05) is 13.1 Å². The Morgan fingerprint density at radius 3 is 2.50 bits per heavy atom. The van der Waals surface area contributed by atoms with Crippen LogP contribution in [0, 0.1) is 11.0 Å². The van der Waals surface area contributed by atoms with Gasteiger partial charge in [0.2, 0.25) is 5.70 Å². The molecule has 0 aromatic heterocycles. The Kier molecular flexibility index (Phi) is 2.99. The number of nitrogens with zero attached hydrogens (tertiary/aromatic N) is 3. The lowest BCUT2D eigenvalue weighted by molar-refractivity contribution is -0.854. The second kappa shape index (κ2) is 4.95. The third-order valence-electron chi connectivity index (χ3n) is 4.09. The molecule has 2 aromatic carbocycles. The number of para-hydroxylation sites is 2. The van der Waals surface area contributed by atoms with E-state index in [4.69, 9.17) is 0 Å². The van der Waals surface area contributed by atoms with E-state index in [1.165, 1.54) is 23.1 Å². The lowest BCUT2D eigenvalue weighted by Crippen LogP contribution is -3.19. The number of halogens is 1. The molecular formula is C16H13FN4O3. The number of hydrogen-bond donors (Lipinski definition) is 2. The summed E-state index contributed by atoms with van der Waals surface area (Å²) in [7, 11) is 1.56. The number of nitrogens with one attached hydrogen (secondary N) is 1. The molecule has 1 unspecified atom stereocenters. The van der Waals surface area contributed by atoms with Crippen LogP contribution in [0.15, 0.2) is 60.1 Å². The monoisotopic (exact) mass is 328 g/mol. The fourth-order valence-electron chi connectivity index (χ4n) is 2.96. The van der Waals surface area contributed by atoms with E-state index in [1.807, 2.05) is 0 Å². The molecule has 4 rings (SSSR count). The van der Waals surface area contributed by atoms with Crippen LogP contribution in [0.5, 0.6) is 0 Å². The van der Waals surface area contributed by atoms with Crippen LogP contribution < -0.4 is 20.2 Å².